The predicted octanol–water partition coefficient (Wildman–Crippen LogP) is 1.87. The van der Waals surface area contributed by atoms with Gasteiger partial charge in [0.2, 0.25) is 0 Å². The molecular formula is C15H22N4O. The van der Waals surface area contributed by atoms with Gasteiger partial charge >= 0.3 is 0 Å². The fourth-order valence-corrected chi connectivity index (χ4v) is 2.35. The molecule has 0 radical (unpaired) electrons. The minimum absolute atomic E-state index is 0.0437. The average Bonchev–Trinajstić information content (AvgIpc) is 2.86. The Hall–Kier alpha value is -1.85. The van der Waals surface area contributed by atoms with Crippen molar-refractivity contribution in [2.45, 2.75) is 25.8 Å². The Morgan fingerprint density at radius 1 is 1.45 bits per heavy atom. The van der Waals surface area contributed by atoms with Crippen LogP contribution in [0.3, 0.4) is 0 Å². The van der Waals surface area contributed by atoms with Crippen LogP contribution in [0.1, 0.15) is 29.4 Å². The predicted molar refractivity (Wildman–Crippen MR) is 79.3 cm³/mol. The van der Waals surface area contributed by atoms with Crippen LogP contribution in [0.15, 0.2) is 30.6 Å². The van der Waals surface area contributed by atoms with Crippen LogP contribution in [0.5, 0.6) is 5.75 Å². The van der Waals surface area contributed by atoms with Crippen molar-refractivity contribution in [1.29, 1.82) is 0 Å². The van der Waals surface area contributed by atoms with Gasteiger partial charge in [-0.05, 0) is 25.0 Å². The number of nitrogens with one attached hydrogen (secondary N) is 1. The maximum atomic E-state index is 5.71. The first-order chi connectivity index (χ1) is 9.65. The normalized spacial score (nSPS) is 12.4. The van der Waals surface area contributed by atoms with Crippen LogP contribution < -0.4 is 16.0 Å². The Morgan fingerprint density at radius 2 is 2.25 bits per heavy atom. The first-order valence-corrected chi connectivity index (χ1v) is 6.72. The molecule has 2 aromatic rings. The van der Waals surface area contributed by atoms with E-state index in [-0.39, 0.29) is 6.04 Å². The van der Waals surface area contributed by atoms with Gasteiger partial charge in [-0.25, -0.2) is 4.98 Å². The molecule has 5 heteroatoms. The average molecular weight is 274 g/mol. The maximum Gasteiger partial charge on any atom is 0.123 e. The van der Waals surface area contributed by atoms with Crippen molar-refractivity contribution >= 4 is 0 Å². The second-order valence-corrected chi connectivity index (χ2v) is 4.96. The van der Waals surface area contributed by atoms with Crippen molar-refractivity contribution in [3.63, 3.8) is 0 Å². The van der Waals surface area contributed by atoms with E-state index < -0.39 is 0 Å². The van der Waals surface area contributed by atoms with Gasteiger partial charge in [0.1, 0.15) is 11.6 Å². The van der Waals surface area contributed by atoms with Crippen molar-refractivity contribution in [3.8, 4) is 5.75 Å². The van der Waals surface area contributed by atoms with Gasteiger partial charge in [0.25, 0.3) is 0 Å². The van der Waals surface area contributed by atoms with E-state index in [1.165, 1.54) is 5.56 Å². The lowest BCUT2D eigenvalue weighted by atomic mass is 10.00. The monoisotopic (exact) mass is 274 g/mol. The summed E-state index contributed by atoms with van der Waals surface area (Å²) in [6.07, 6.45) is 5.48. The number of nitrogens with zero attached hydrogens (tertiary/aromatic N) is 2. The number of rotatable bonds is 6. The standard InChI is InChI=1S/C15H22N4O/c1-11-4-5-12(14(10-11)20-3)13(18-16)6-7-15-17-8-9-19(15)2/h4-5,8-10,13,18H,6-7,16H2,1-3H3. The van der Waals surface area contributed by atoms with Crippen LogP contribution in [-0.2, 0) is 13.5 Å². The summed E-state index contributed by atoms with van der Waals surface area (Å²) in [4.78, 5) is 4.34. The number of methoxy groups -OCH3 is 1. The fraction of sp³-hybridized carbons (Fsp3) is 0.400. The summed E-state index contributed by atoms with van der Waals surface area (Å²) in [6.45, 7) is 2.05. The molecule has 0 aliphatic rings. The molecule has 0 saturated carbocycles. The molecule has 2 rings (SSSR count). The van der Waals surface area contributed by atoms with E-state index >= 15 is 0 Å². The molecule has 20 heavy (non-hydrogen) atoms. The zero-order valence-electron chi connectivity index (χ0n) is 12.3. The van der Waals surface area contributed by atoms with E-state index in [9.17, 15) is 0 Å². The van der Waals surface area contributed by atoms with Crippen LogP contribution in [0.2, 0.25) is 0 Å². The highest BCUT2D eigenvalue weighted by atomic mass is 16.5. The summed E-state index contributed by atoms with van der Waals surface area (Å²) in [5.41, 5.74) is 5.13. The van der Waals surface area contributed by atoms with E-state index in [0.29, 0.717) is 0 Å². The Morgan fingerprint density at radius 3 is 2.85 bits per heavy atom. The molecule has 0 spiro atoms. The van der Waals surface area contributed by atoms with Crippen molar-refractivity contribution in [3.05, 3.63) is 47.5 Å². The van der Waals surface area contributed by atoms with Gasteiger partial charge in [0.15, 0.2) is 0 Å². The quantitative estimate of drug-likeness (QED) is 0.623. The van der Waals surface area contributed by atoms with Gasteiger partial charge in [0.05, 0.1) is 13.2 Å². The zero-order chi connectivity index (χ0) is 14.5. The van der Waals surface area contributed by atoms with Gasteiger partial charge in [-0.15, -0.1) is 0 Å². The van der Waals surface area contributed by atoms with E-state index in [1.807, 2.05) is 37.0 Å². The minimum atomic E-state index is 0.0437. The lowest BCUT2D eigenvalue weighted by molar-refractivity contribution is 0.395. The lowest BCUT2D eigenvalue weighted by Crippen LogP contribution is -2.29. The zero-order valence-corrected chi connectivity index (χ0v) is 12.3. The summed E-state index contributed by atoms with van der Waals surface area (Å²) < 4.78 is 7.48. The maximum absolute atomic E-state index is 5.71. The van der Waals surface area contributed by atoms with Gasteiger partial charge in [-0.3, -0.25) is 11.3 Å². The molecule has 0 amide bonds. The van der Waals surface area contributed by atoms with Crippen molar-refractivity contribution in [2.24, 2.45) is 12.9 Å². The molecule has 1 aromatic carbocycles. The Bertz CT molecular complexity index is 565. The molecule has 5 nitrogen and oxygen atoms in total. The van der Waals surface area contributed by atoms with Gasteiger partial charge in [-0.2, -0.15) is 0 Å². The van der Waals surface area contributed by atoms with E-state index in [1.54, 1.807) is 7.11 Å². The number of aromatic nitrogens is 2. The number of ether oxygens (including phenoxy) is 1. The SMILES string of the molecule is COc1cc(C)ccc1C(CCc1nccn1C)NN. The second kappa shape index (κ2) is 6.54. The van der Waals surface area contributed by atoms with Crippen LogP contribution in [0.25, 0.3) is 0 Å². The van der Waals surface area contributed by atoms with E-state index in [0.717, 1.165) is 30.0 Å². The third-order valence-corrected chi connectivity index (χ3v) is 3.54. The summed E-state index contributed by atoms with van der Waals surface area (Å²) in [5, 5.41) is 0. The van der Waals surface area contributed by atoms with Gasteiger partial charge < -0.3 is 9.30 Å². The summed E-state index contributed by atoms with van der Waals surface area (Å²) in [7, 11) is 3.68. The molecule has 0 saturated heterocycles. The fourth-order valence-electron chi connectivity index (χ4n) is 2.35. The van der Waals surface area contributed by atoms with Crippen LogP contribution >= 0.6 is 0 Å². The Labute approximate surface area is 119 Å². The smallest absolute Gasteiger partial charge is 0.123 e. The largest absolute Gasteiger partial charge is 0.496 e. The number of imidazole rings is 1. The van der Waals surface area contributed by atoms with Crippen LogP contribution in [-0.4, -0.2) is 16.7 Å². The van der Waals surface area contributed by atoms with Gasteiger partial charge in [-0.1, -0.05) is 12.1 Å². The van der Waals surface area contributed by atoms with E-state index in [2.05, 4.69) is 22.5 Å². The molecule has 1 heterocycles. The summed E-state index contributed by atoms with van der Waals surface area (Å²) in [6, 6.07) is 6.21. The topological polar surface area (TPSA) is 65.1 Å². The number of benzene rings is 1. The molecule has 108 valence electrons. The molecule has 0 fully saturated rings. The van der Waals surface area contributed by atoms with Crippen LogP contribution in [0, 0.1) is 6.92 Å². The minimum Gasteiger partial charge on any atom is -0.496 e. The number of nitrogens with two attached hydrogens (primary N) is 1. The molecule has 0 aliphatic carbocycles. The first-order valence-electron chi connectivity index (χ1n) is 6.72. The molecule has 0 bridgehead atoms. The molecule has 3 N–H and O–H groups in total. The highest BCUT2D eigenvalue weighted by Gasteiger charge is 2.15. The first kappa shape index (κ1) is 14.6. The highest BCUT2D eigenvalue weighted by Crippen LogP contribution is 2.28. The van der Waals surface area contributed by atoms with Crippen molar-refractivity contribution < 1.29 is 4.74 Å². The molecular weight excluding hydrogens is 252 g/mol. The Balaban J connectivity index is 2.14. The third kappa shape index (κ3) is 3.18. The third-order valence-electron chi connectivity index (χ3n) is 3.54. The second-order valence-electron chi connectivity index (χ2n) is 4.96. The van der Waals surface area contributed by atoms with Crippen molar-refractivity contribution in [1.82, 2.24) is 15.0 Å². The van der Waals surface area contributed by atoms with E-state index in [4.69, 9.17) is 10.6 Å². The summed E-state index contributed by atoms with van der Waals surface area (Å²) in [5.74, 6) is 7.63. The molecule has 1 unspecified atom stereocenters. The number of aryl methyl sites for hydroxylation is 3. The van der Waals surface area contributed by atoms with Crippen molar-refractivity contribution in [2.75, 3.05) is 7.11 Å². The lowest BCUT2D eigenvalue weighted by Gasteiger charge is -2.19. The van der Waals surface area contributed by atoms with Gasteiger partial charge in [0, 0.05) is 31.4 Å². The summed E-state index contributed by atoms with van der Waals surface area (Å²) >= 11 is 0. The number of hydrogen-bond donors (Lipinski definition) is 2. The van der Waals surface area contributed by atoms with Crippen LogP contribution in [0.4, 0.5) is 0 Å². The Kier molecular flexibility index (Phi) is 4.76. The molecule has 1 atom stereocenters. The number of hydrogen-bond acceptors (Lipinski definition) is 4. The highest BCUT2D eigenvalue weighted by molar-refractivity contribution is 5.39. The molecule has 1 aromatic heterocycles. The number of hydrazine groups is 1. The molecule has 0 aliphatic heterocycles.